The molecule has 65 heavy (non-hydrogen) atoms. The number of allylic oxidation sites excluding steroid dienone is 2. The molecule has 5 heteroatoms. The van der Waals surface area contributed by atoms with E-state index in [2.05, 4.69) is 262 Å². The van der Waals surface area contributed by atoms with E-state index in [1.807, 2.05) is 0 Å². The number of fused-ring (bicyclic) bond motifs is 8. The second-order valence-corrected chi connectivity index (χ2v) is 17.2. The van der Waals surface area contributed by atoms with Gasteiger partial charge in [-0.3, -0.25) is 0 Å². The third-order valence-corrected chi connectivity index (χ3v) is 13.6. The van der Waals surface area contributed by atoms with Gasteiger partial charge in [0.1, 0.15) is 0 Å². The minimum atomic E-state index is -0.151. The molecule has 306 valence electrons. The van der Waals surface area contributed by atoms with Gasteiger partial charge in [-0.2, -0.15) is 0 Å². The highest BCUT2D eigenvalue weighted by atomic mass is 15.2. The third-order valence-electron chi connectivity index (χ3n) is 13.6. The molecular formula is C60H43BN4. The highest BCUT2D eigenvalue weighted by Gasteiger charge is 2.38. The van der Waals surface area contributed by atoms with Crippen molar-refractivity contribution in [2.24, 2.45) is 0 Å². The molecule has 0 bridgehead atoms. The zero-order chi connectivity index (χ0) is 42.8. The van der Waals surface area contributed by atoms with E-state index in [4.69, 9.17) is 0 Å². The van der Waals surface area contributed by atoms with Gasteiger partial charge in [0.2, 0.25) is 0 Å². The molecule has 2 aromatic heterocycles. The zero-order valence-electron chi connectivity index (χ0n) is 35.7. The van der Waals surface area contributed by atoms with E-state index < -0.39 is 0 Å². The molecule has 1 atom stereocenters. The lowest BCUT2D eigenvalue weighted by molar-refractivity contribution is 0.786. The predicted octanol–water partition coefficient (Wildman–Crippen LogP) is 14.0. The van der Waals surface area contributed by atoms with E-state index >= 15 is 0 Å². The number of benzene rings is 9. The Morgan fingerprint density at radius 2 is 1.08 bits per heavy atom. The van der Waals surface area contributed by atoms with Crippen molar-refractivity contribution in [3.8, 4) is 16.8 Å². The Morgan fingerprint density at radius 3 is 1.82 bits per heavy atom. The molecule has 0 radical (unpaired) electrons. The number of aromatic nitrogens is 2. The van der Waals surface area contributed by atoms with Gasteiger partial charge >= 0.3 is 6.85 Å². The van der Waals surface area contributed by atoms with Gasteiger partial charge in [0.05, 0.1) is 17.1 Å². The molecular weight excluding hydrogens is 787 g/mol. The molecule has 13 rings (SSSR count). The maximum absolute atomic E-state index is 2.67. The number of para-hydroxylation sites is 6. The van der Waals surface area contributed by atoms with Crippen molar-refractivity contribution in [3.05, 3.63) is 243 Å². The molecule has 0 N–H and O–H groups in total. The Kier molecular flexibility index (Phi) is 8.73. The Labute approximate surface area is 379 Å². The fourth-order valence-corrected chi connectivity index (χ4v) is 10.9. The maximum atomic E-state index is 2.67. The zero-order valence-corrected chi connectivity index (χ0v) is 35.7. The molecule has 3 heterocycles. The summed E-state index contributed by atoms with van der Waals surface area (Å²) >= 11 is 0. The average molecular weight is 831 g/mol. The van der Waals surface area contributed by atoms with Crippen LogP contribution in [0, 0.1) is 0 Å². The van der Waals surface area contributed by atoms with E-state index in [-0.39, 0.29) is 12.9 Å². The molecule has 0 spiro atoms. The van der Waals surface area contributed by atoms with Gasteiger partial charge in [-0.15, -0.1) is 0 Å². The van der Waals surface area contributed by atoms with Crippen molar-refractivity contribution in [1.29, 1.82) is 0 Å². The van der Waals surface area contributed by atoms with Crippen LogP contribution in [0.25, 0.3) is 60.4 Å². The first-order valence-corrected chi connectivity index (χ1v) is 22.7. The fourth-order valence-electron chi connectivity index (χ4n) is 10.9. The van der Waals surface area contributed by atoms with Crippen LogP contribution in [-0.2, 0) is 0 Å². The predicted molar refractivity (Wildman–Crippen MR) is 276 cm³/mol. The van der Waals surface area contributed by atoms with Crippen LogP contribution in [0.4, 0.5) is 28.4 Å². The van der Waals surface area contributed by atoms with Crippen molar-refractivity contribution < 1.29 is 0 Å². The number of hydrogen-bond acceptors (Lipinski definition) is 2. The van der Waals surface area contributed by atoms with E-state index in [0.717, 1.165) is 23.5 Å². The number of anilines is 5. The molecule has 2 aliphatic rings. The molecule has 1 unspecified atom stereocenters. The first-order chi connectivity index (χ1) is 32.3. The van der Waals surface area contributed by atoms with E-state index in [9.17, 15) is 0 Å². The van der Waals surface area contributed by atoms with Gasteiger partial charge in [-0.1, -0.05) is 164 Å². The van der Waals surface area contributed by atoms with Crippen LogP contribution in [0.3, 0.4) is 0 Å². The molecule has 9 aromatic carbocycles. The Hall–Kier alpha value is -8.28. The minimum Gasteiger partial charge on any atom is -0.375 e. The highest BCUT2D eigenvalue weighted by molar-refractivity contribution is 6.88. The standard InChI is InChI=1S/C60H43BN4/c1-6-21-42(22-7-1)49-32-20-33-51-50-31-16-18-35-57(50)65(59(49)51)61-54-34-17-19-36-58(54)64-56-38-37-47(62(43-23-8-2-9-24-43)44-25-10-3-11-26-44)39-52(56)53-40-48(41-55(61)60(53)64)63(45-27-12-4-13-28-45)46-29-14-5-15-30-46/h1-29,31-41,46H,30H2. The third kappa shape index (κ3) is 5.93. The maximum Gasteiger partial charge on any atom is 0.332 e. The van der Waals surface area contributed by atoms with Gasteiger partial charge in [0, 0.05) is 72.3 Å². The van der Waals surface area contributed by atoms with Gasteiger partial charge in [-0.25, -0.2) is 0 Å². The summed E-state index contributed by atoms with van der Waals surface area (Å²) in [5.74, 6) is 0. The Bertz CT molecular complexity index is 3610. The lowest BCUT2D eigenvalue weighted by atomic mass is 9.48. The van der Waals surface area contributed by atoms with Crippen molar-refractivity contribution >= 4 is 89.8 Å². The topological polar surface area (TPSA) is 16.3 Å². The van der Waals surface area contributed by atoms with Gasteiger partial charge in [0.15, 0.2) is 0 Å². The Morgan fingerprint density at radius 1 is 0.431 bits per heavy atom. The molecule has 11 aromatic rings. The molecule has 0 amide bonds. The minimum absolute atomic E-state index is 0.134. The second-order valence-electron chi connectivity index (χ2n) is 17.2. The average Bonchev–Trinajstić information content (AvgIpc) is 3.89. The van der Waals surface area contributed by atoms with Crippen LogP contribution in [0.5, 0.6) is 0 Å². The van der Waals surface area contributed by atoms with Crippen molar-refractivity contribution in [2.45, 2.75) is 12.5 Å². The summed E-state index contributed by atoms with van der Waals surface area (Å²) in [5, 5.41) is 4.96. The van der Waals surface area contributed by atoms with Crippen molar-refractivity contribution in [2.75, 3.05) is 9.80 Å². The van der Waals surface area contributed by atoms with Crippen LogP contribution in [0.1, 0.15) is 6.42 Å². The molecule has 0 saturated carbocycles. The summed E-state index contributed by atoms with van der Waals surface area (Å²) in [4.78, 5) is 4.93. The molecule has 0 fully saturated rings. The van der Waals surface area contributed by atoms with E-state index in [1.165, 1.54) is 82.7 Å². The van der Waals surface area contributed by atoms with Gasteiger partial charge in [-0.05, 0) is 102 Å². The van der Waals surface area contributed by atoms with Crippen LogP contribution in [0.15, 0.2) is 243 Å². The van der Waals surface area contributed by atoms with Crippen LogP contribution >= 0.6 is 0 Å². The smallest absolute Gasteiger partial charge is 0.332 e. The number of nitrogens with zero attached hydrogens (tertiary/aromatic N) is 4. The summed E-state index contributed by atoms with van der Waals surface area (Å²) in [5.41, 5.74) is 16.8. The Balaban J connectivity index is 1.17. The summed E-state index contributed by atoms with van der Waals surface area (Å²) in [7, 11) is 0. The molecule has 4 nitrogen and oxygen atoms in total. The monoisotopic (exact) mass is 830 g/mol. The van der Waals surface area contributed by atoms with E-state index in [0.29, 0.717) is 0 Å². The molecule has 1 aliphatic carbocycles. The lowest BCUT2D eigenvalue weighted by Gasteiger charge is -2.34. The first-order valence-electron chi connectivity index (χ1n) is 22.7. The SMILES string of the molecule is C1=CCC(N(c2ccccc2)c2cc3c4c(c2)c2cc(N(c5ccccc5)c5ccccc5)ccc2n4-c2ccccc2B3n2c3ccccc3c3cccc(-c4ccccc4)c32)C=C1. The largest absolute Gasteiger partial charge is 0.375 e. The van der Waals surface area contributed by atoms with E-state index in [1.54, 1.807) is 0 Å². The summed E-state index contributed by atoms with van der Waals surface area (Å²) in [6.45, 7) is -0.151. The van der Waals surface area contributed by atoms with Gasteiger partial charge < -0.3 is 18.8 Å². The summed E-state index contributed by atoms with van der Waals surface area (Å²) in [6.07, 6.45) is 9.94. The normalized spacial score (nSPS) is 14.1. The number of rotatable bonds is 8. The molecule has 1 aliphatic heterocycles. The quantitative estimate of drug-likeness (QED) is 0.142. The summed E-state index contributed by atoms with van der Waals surface area (Å²) in [6, 6.07) is 80.5. The highest BCUT2D eigenvalue weighted by Crippen LogP contribution is 2.44. The van der Waals surface area contributed by atoms with Gasteiger partial charge in [0.25, 0.3) is 0 Å². The second kappa shape index (κ2) is 15.2. The lowest BCUT2D eigenvalue weighted by Crippen LogP contribution is -2.53. The first kappa shape index (κ1) is 37.3. The number of hydrogen-bond donors (Lipinski definition) is 0. The van der Waals surface area contributed by atoms with Crippen molar-refractivity contribution in [1.82, 2.24) is 9.05 Å². The molecule has 0 saturated heterocycles. The summed E-state index contributed by atoms with van der Waals surface area (Å²) < 4.78 is 5.22. The van der Waals surface area contributed by atoms with Crippen LogP contribution in [0.2, 0.25) is 0 Å². The van der Waals surface area contributed by atoms with Crippen LogP contribution < -0.4 is 20.7 Å². The fraction of sp³-hybridized carbons (Fsp3) is 0.0333. The van der Waals surface area contributed by atoms with Crippen LogP contribution in [-0.4, -0.2) is 21.9 Å². The van der Waals surface area contributed by atoms with Crippen molar-refractivity contribution in [3.63, 3.8) is 0 Å².